The van der Waals surface area contributed by atoms with Gasteiger partial charge >= 0.3 is 5.97 Å². The Morgan fingerprint density at radius 1 is 1.29 bits per heavy atom. The molecule has 5 heteroatoms. The molecular weight excluding hydrogens is 266 g/mol. The molecule has 1 aromatic heterocycles. The lowest BCUT2D eigenvalue weighted by atomic mass is 10.2. The van der Waals surface area contributed by atoms with E-state index in [-0.39, 0.29) is 5.97 Å². The number of aromatic nitrogens is 2. The number of fused-ring (bicyclic) bond motifs is 1. The molecule has 0 N–H and O–H groups in total. The third-order valence-electron chi connectivity index (χ3n) is 3.69. The van der Waals surface area contributed by atoms with Gasteiger partial charge in [0.1, 0.15) is 0 Å². The predicted molar refractivity (Wildman–Crippen MR) is 78.7 cm³/mol. The average molecular weight is 285 g/mol. The summed E-state index contributed by atoms with van der Waals surface area (Å²) in [6, 6.07) is 10.4. The highest BCUT2D eigenvalue weighted by atomic mass is 16.5. The molecule has 1 aliphatic rings. The van der Waals surface area contributed by atoms with Gasteiger partial charge in [0, 0.05) is 26.2 Å². The Bertz CT molecular complexity index is 622. The minimum atomic E-state index is -0.326. The number of nitrogens with zero attached hydrogens (tertiary/aromatic N) is 3. The summed E-state index contributed by atoms with van der Waals surface area (Å²) in [5.74, 6) is -0.326. The van der Waals surface area contributed by atoms with Crippen LogP contribution in [0.15, 0.2) is 36.7 Å². The monoisotopic (exact) mass is 285 g/mol. The Kier molecular flexibility index (Phi) is 4.01. The first-order valence-electron chi connectivity index (χ1n) is 7.25. The summed E-state index contributed by atoms with van der Waals surface area (Å²) in [5.41, 5.74) is 2.69. The van der Waals surface area contributed by atoms with Crippen LogP contribution in [0, 0.1) is 0 Å². The Hall–Kier alpha value is -2.14. The van der Waals surface area contributed by atoms with E-state index in [1.807, 2.05) is 29.7 Å². The molecule has 5 nitrogen and oxygen atoms in total. The second-order valence-electron chi connectivity index (χ2n) is 5.15. The van der Waals surface area contributed by atoms with Crippen LogP contribution >= 0.6 is 0 Å². The van der Waals surface area contributed by atoms with Crippen molar-refractivity contribution in [1.82, 2.24) is 14.5 Å². The molecular formula is C16H19N3O2. The summed E-state index contributed by atoms with van der Waals surface area (Å²) in [7, 11) is 0. The smallest absolute Gasteiger partial charge is 0.358 e. The minimum Gasteiger partial charge on any atom is -0.461 e. The lowest BCUT2D eigenvalue weighted by Gasteiger charge is -2.28. The van der Waals surface area contributed by atoms with Gasteiger partial charge in [0.2, 0.25) is 0 Å². The zero-order chi connectivity index (χ0) is 14.7. The summed E-state index contributed by atoms with van der Waals surface area (Å²) < 4.78 is 7.12. The van der Waals surface area contributed by atoms with E-state index in [1.165, 1.54) is 5.56 Å². The molecule has 0 saturated carbocycles. The fraction of sp³-hybridized carbons (Fsp3) is 0.375. The predicted octanol–water partition coefficient (Wildman–Crippen LogP) is 2.08. The van der Waals surface area contributed by atoms with Crippen molar-refractivity contribution < 1.29 is 9.53 Å². The van der Waals surface area contributed by atoms with E-state index in [1.54, 1.807) is 6.33 Å². The summed E-state index contributed by atoms with van der Waals surface area (Å²) in [5, 5.41) is 0. The van der Waals surface area contributed by atoms with Gasteiger partial charge in [-0.1, -0.05) is 30.3 Å². The van der Waals surface area contributed by atoms with Crippen molar-refractivity contribution in [3.63, 3.8) is 0 Å². The quantitative estimate of drug-likeness (QED) is 0.807. The Morgan fingerprint density at radius 3 is 2.86 bits per heavy atom. The summed E-state index contributed by atoms with van der Waals surface area (Å²) in [6.45, 7) is 5.60. The molecule has 0 fully saturated rings. The second-order valence-corrected chi connectivity index (χ2v) is 5.15. The van der Waals surface area contributed by atoms with Gasteiger partial charge in [0.05, 0.1) is 18.6 Å². The molecule has 0 bridgehead atoms. The van der Waals surface area contributed by atoms with Gasteiger partial charge in [0.25, 0.3) is 0 Å². The normalized spacial score (nSPS) is 14.7. The van der Waals surface area contributed by atoms with E-state index in [9.17, 15) is 4.79 Å². The molecule has 0 aliphatic carbocycles. The van der Waals surface area contributed by atoms with Crippen LogP contribution in [0.25, 0.3) is 0 Å². The van der Waals surface area contributed by atoms with Gasteiger partial charge in [-0.25, -0.2) is 9.78 Å². The number of hydrogen-bond donors (Lipinski definition) is 0. The molecule has 21 heavy (non-hydrogen) atoms. The maximum atomic E-state index is 11.9. The topological polar surface area (TPSA) is 47.4 Å². The van der Waals surface area contributed by atoms with Crippen molar-refractivity contribution in [2.75, 3.05) is 13.2 Å². The number of hydrogen-bond acceptors (Lipinski definition) is 4. The van der Waals surface area contributed by atoms with Crippen molar-refractivity contribution >= 4 is 5.97 Å². The molecule has 3 rings (SSSR count). The highest BCUT2D eigenvalue weighted by Gasteiger charge is 2.24. The molecule has 1 aliphatic heterocycles. The maximum absolute atomic E-state index is 11.9. The zero-order valence-electron chi connectivity index (χ0n) is 12.2. The minimum absolute atomic E-state index is 0.326. The molecule has 2 aromatic rings. The third kappa shape index (κ3) is 2.97. The Labute approximate surface area is 124 Å². The summed E-state index contributed by atoms with van der Waals surface area (Å²) >= 11 is 0. The van der Waals surface area contributed by atoms with Crippen molar-refractivity contribution in [3.8, 4) is 0 Å². The van der Waals surface area contributed by atoms with E-state index < -0.39 is 0 Å². The Morgan fingerprint density at radius 2 is 2.10 bits per heavy atom. The van der Waals surface area contributed by atoms with E-state index >= 15 is 0 Å². The highest BCUT2D eigenvalue weighted by Crippen LogP contribution is 2.19. The van der Waals surface area contributed by atoms with Crippen LogP contribution in [0.4, 0.5) is 0 Å². The first kappa shape index (κ1) is 13.8. The third-order valence-corrected chi connectivity index (χ3v) is 3.69. The molecule has 0 amide bonds. The van der Waals surface area contributed by atoms with Gasteiger partial charge in [-0.3, -0.25) is 4.90 Å². The molecule has 0 unspecified atom stereocenters. The van der Waals surface area contributed by atoms with Crippen LogP contribution in [-0.4, -0.2) is 33.6 Å². The fourth-order valence-corrected chi connectivity index (χ4v) is 2.65. The van der Waals surface area contributed by atoms with Crippen LogP contribution in [-0.2, 0) is 24.4 Å². The number of ether oxygens (including phenoxy) is 1. The van der Waals surface area contributed by atoms with E-state index in [0.29, 0.717) is 12.3 Å². The van der Waals surface area contributed by atoms with Crippen LogP contribution in [0.2, 0.25) is 0 Å². The lowest BCUT2D eigenvalue weighted by Crippen LogP contribution is -2.33. The maximum Gasteiger partial charge on any atom is 0.358 e. The average Bonchev–Trinajstić information content (AvgIpc) is 2.92. The molecule has 0 spiro atoms. The lowest BCUT2D eigenvalue weighted by molar-refractivity contribution is 0.0516. The van der Waals surface area contributed by atoms with Gasteiger partial charge in [0.15, 0.2) is 5.69 Å². The molecule has 0 saturated heterocycles. The number of esters is 1. The number of carbonyl (C=O) groups excluding carboxylic acids is 1. The van der Waals surface area contributed by atoms with E-state index in [0.717, 1.165) is 31.9 Å². The molecule has 0 atom stereocenters. The van der Waals surface area contributed by atoms with Crippen molar-refractivity contribution in [2.45, 2.75) is 26.6 Å². The number of benzene rings is 1. The number of imidazole rings is 1. The molecule has 0 radical (unpaired) electrons. The van der Waals surface area contributed by atoms with Gasteiger partial charge in [-0.15, -0.1) is 0 Å². The van der Waals surface area contributed by atoms with E-state index in [2.05, 4.69) is 22.0 Å². The first-order chi connectivity index (χ1) is 10.3. The second kappa shape index (κ2) is 6.10. The van der Waals surface area contributed by atoms with Crippen molar-refractivity contribution in [1.29, 1.82) is 0 Å². The molecule has 1 aromatic carbocycles. The van der Waals surface area contributed by atoms with Crippen LogP contribution in [0.3, 0.4) is 0 Å². The first-order valence-corrected chi connectivity index (χ1v) is 7.25. The van der Waals surface area contributed by atoms with Gasteiger partial charge in [-0.05, 0) is 12.5 Å². The number of carbonyl (C=O) groups is 1. The van der Waals surface area contributed by atoms with Gasteiger partial charge < -0.3 is 9.30 Å². The van der Waals surface area contributed by atoms with Crippen LogP contribution in [0.1, 0.15) is 28.7 Å². The zero-order valence-corrected chi connectivity index (χ0v) is 12.2. The van der Waals surface area contributed by atoms with Crippen molar-refractivity contribution in [3.05, 3.63) is 53.6 Å². The van der Waals surface area contributed by atoms with Crippen LogP contribution in [0.5, 0.6) is 0 Å². The summed E-state index contributed by atoms with van der Waals surface area (Å²) in [4.78, 5) is 18.5. The largest absolute Gasteiger partial charge is 0.461 e. The molecule has 2 heterocycles. The standard InChI is InChI=1S/C16H19N3O2/c1-2-21-16(20)15-14-11-18(8-9-19(14)12-17-15)10-13-6-4-3-5-7-13/h3-7,12H,2,8-11H2,1H3. The van der Waals surface area contributed by atoms with Gasteiger partial charge in [-0.2, -0.15) is 0 Å². The fourth-order valence-electron chi connectivity index (χ4n) is 2.65. The SMILES string of the molecule is CCOC(=O)c1ncn2c1CN(Cc1ccccc1)CC2. The Balaban J connectivity index is 1.75. The summed E-state index contributed by atoms with van der Waals surface area (Å²) in [6.07, 6.45) is 1.74. The number of rotatable bonds is 4. The molecule has 110 valence electrons. The van der Waals surface area contributed by atoms with E-state index in [4.69, 9.17) is 4.74 Å². The highest BCUT2D eigenvalue weighted by molar-refractivity contribution is 5.88. The van der Waals surface area contributed by atoms with Crippen LogP contribution < -0.4 is 0 Å². The van der Waals surface area contributed by atoms with Crippen molar-refractivity contribution in [2.24, 2.45) is 0 Å².